The SMILES string of the molecule is C=C1C=CC=C(C2CCC3(C(CCCO)C(=C(C)C=O)CCC3(C)O)C2O)COC2C#CCC(=CCC1)CCSSC2. The van der Waals surface area contributed by atoms with E-state index in [0.717, 1.165) is 60.2 Å². The van der Waals surface area contributed by atoms with Gasteiger partial charge in [-0.25, -0.2) is 0 Å². The molecule has 42 heavy (non-hydrogen) atoms. The third kappa shape index (κ3) is 7.57. The van der Waals surface area contributed by atoms with E-state index >= 15 is 0 Å². The molecule has 0 radical (unpaired) electrons. The van der Waals surface area contributed by atoms with Crippen LogP contribution in [0.3, 0.4) is 0 Å². The highest BCUT2D eigenvalue weighted by Gasteiger charge is 2.64. The van der Waals surface area contributed by atoms with Gasteiger partial charge in [0.15, 0.2) is 0 Å². The number of carbonyl (C=O) groups is 1. The van der Waals surface area contributed by atoms with Crippen molar-refractivity contribution in [3.05, 3.63) is 58.7 Å². The molecule has 2 fully saturated rings. The van der Waals surface area contributed by atoms with Gasteiger partial charge < -0.3 is 20.1 Å². The summed E-state index contributed by atoms with van der Waals surface area (Å²) in [6.45, 7) is 8.33. The quantitative estimate of drug-likeness (QED) is 0.107. The van der Waals surface area contributed by atoms with Crippen LogP contribution in [-0.2, 0) is 9.53 Å². The van der Waals surface area contributed by atoms with E-state index in [1.807, 2.05) is 30.7 Å². The number of ether oxygens (including phenoxy) is 1. The molecule has 4 rings (SSSR count). The smallest absolute Gasteiger partial charge is 0.145 e. The molecule has 7 heteroatoms. The minimum absolute atomic E-state index is 0.0328. The van der Waals surface area contributed by atoms with E-state index in [2.05, 4.69) is 36.6 Å². The second-order valence-electron chi connectivity index (χ2n) is 12.5. The second-order valence-corrected chi connectivity index (χ2v) is 15.1. The van der Waals surface area contributed by atoms with Crippen molar-refractivity contribution in [2.24, 2.45) is 17.3 Å². The van der Waals surface area contributed by atoms with Crippen LogP contribution in [0.25, 0.3) is 0 Å². The van der Waals surface area contributed by atoms with Crippen LogP contribution in [0.5, 0.6) is 0 Å². The fraction of sp³-hybridized carbons (Fsp3) is 0.629. The van der Waals surface area contributed by atoms with E-state index in [9.17, 15) is 20.1 Å². The predicted octanol–water partition coefficient (Wildman–Crippen LogP) is 6.52. The molecule has 0 aromatic heterocycles. The number of hydrogen-bond acceptors (Lipinski definition) is 7. The first-order valence-electron chi connectivity index (χ1n) is 15.5. The summed E-state index contributed by atoms with van der Waals surface area (Å²) in [6.07, 6.45) is 15.6. The van der Waals surface area contributed by atoms with Crippen LogP contribution in [-0.4, -0.2) is 64.1 Å². The highest BCUT2D eigenvalue weighted by molar-refractivity contribution is 8.76. The van der Waals surface area contributed by atoms with Crippen molar-refractivity contribution < 1.29 is 24.9 Å². The van der Waals surface area contributed by atoms with Crippen LogP contribution in [0, 0.1) is 29.1 Å². The van der Waals surface area contributed by atoms with Crippen molar-refractivity contribution in [2.45, 2.75) is 95.9 Å². The highest BCUT2D eigenvalue weighted by Crippen LogP contribution is 2.63. The molecule has 3 N–H and O–H groups in total. The molecule has 5 nitrogen and oxygen atoms in total. The van der Waals surface area contributed by atoms with Gasteiger partial charge >= 0.3 is 0 Å². The average molecular weight is 613 g/mol. The lowest BCUT2D eigenvalue weighted by molar-refractivity contribution is -0.167. The Morgan fingerprint density at radius 3 is 2.88 bits per heavy atom. The Bertz CT molecular complexity index is 1170. The van der Waals surface area contributed by atoms with E-state index in [0.29, 0.717) is 50.7 Å². The van der Waals surface area contributed by atoms with Gasteiger partial charge in [0.25, 0.3) is 0 Å². The molecule has 2 heterocycles. The number of allylic oxidation sites excluding steroid dienone is 8. The molecule has 0 amide bonds. The lowest BCUT2D eigenvalue weighted by atomic mass is 9.52. The molecule has 230 valence electrons. The number of aliphatic hydroxyl groups is 3. The summed E-state index contributed by atoms with van der Waals surface area (Å²) < 4.78 is 6.46. The van der Waals surface area contributed by atoms with Crippen LogP contribution in [0.1, 0.15) is 78.1 Å². The number of fused-ring (bicyclic) bond motifs is 3. The van der Waals surface area contributed by atoms with E-state index in [4.69, 9.17) is 4.74 Å². The van der Waals surface area contributed by atoms with Gasteiger partial charge in [-0.05, 0) is 88.7 Å². The Morgan fingerprint density at radius 2 is 2.10 bits per heavy atom. The van der Waals surface area contributed by atoms with Gasteiger partial charge in [0.05, 0.1) is 18.3 Å². The van der Waals surface area contributed by atoms with Gasteiger partial charge in [-0.15, -0.1) is 0 Å². The Balaban J connectivity index is 1.69. The van der Waals surface area contributed by atoms with Gasteiger partial charge in [0.2, 0.25) is 0 Å². The third-order valence-electron chi connectivity index (χ3n) is 9.89. The third-order valence-corrected chi connectivity index (χ3v) is 12.3. The summed E-state index contributed by atoms with van der Waals surface area (Å²) in [5, 5.41) is 34.0. The molecular formula is C35H48O5S2. The zero-order chi connectivity index (χ0) is 30.2. The zero-order valence-corrected chi connectivity index (χ0v) is 26.9. The molecule has 2 saturated carbocycles. The van der Waals surface area contributed by atoms with Gasteiger partial charge in [0, 0.05) is 35.9 Å². The first kappa shape index (κ1) is 33.4. The summed E-state index contributed by atoms with van der Waals surface area (Å²) in [6, 6.07) is 0. The van der Waals surface area contributed by atoms with Crippen molar-refractivity contribution in [2.75, 3.05) is 24.7 Å². The second kappa shape index (κ2) is 15.5. The molecule has 2 bridgehead atoms. The minimum atomic E-state index is -1.11. The average Bonchev–Trinajstić information content (AvgIpc) is 3.31. The van der Waals surface area contributed by atoms with Crippen LogP contribution >= 0.6 is 21.6 Å². The summed E-state index contributed by atoms with van der Waals surface area (Å²) >= 11 is 0. The molecule has 6 atom stereocenters. The Morgan fingerprint density at radius 1 is 1.26 bits per heavy atom. The molecule has 2 aliphatic heterocycles. The maximum absolute atomic E-state index is 12.3. The van der Waals surface area contributed by atoms with Crippen LogP contribution in [0.15, 0.2) is 58.7 Å². The van der Waals surface area contributed by atoms with Crippen LogP contribution < -0.4 is 0 Å². The van der Waals surface area contributed by atoms with Crippen molar-refractivity contribution in [3.8, 4) is 11.8 Å². The lowest BCUT2D eigenvalue weighted by Crippen LogP contribution is -2.59. The van der Waals surface area contributed by atoms with Crippen molar-refractivity contribution in [3.63, 3.8) is 0 Å². The molecule has 0 saturated heterocycles. The predicted molar refractivity (Wildman–Crippen MR) is 175 cm³/mol. The molecule has 1 spiro atoms. The standard InChI is InChI=1S/C35H48O5S2/c1-25-8-4-10-27-11-6-13-29(24-42-41-21-17-27)40-23-28(12-5-9-25)31-16-19-35(33(31)38)32(14-7-20-36)30(26(2)22-37)15-18-34(35,3)39/h5,9-10,12,22,29,31-33,36,38-39H,1,4,7-8,11,14-21,23-24H2,2-3H3. The maximum Gasteiger partial charge on any atom is 0.145 e. The Kier molecular flexibility index (Phi) is 12.3. The van der Waals surface area contributed by atoms with E-state index < -0.39 is 17.1 Å². The van der Waals surface area contributed by atoms with Crippen molar-refractivity contribution in [1.82, 2.24) is 0 Å². The highest BCUT2D eigenvalue weighted by atomic mass is 33.1. The molecule has 2 aliphatic carbocycles. The fourth-order valence-corrected chi connectivity index (χ4v) is 9.63. The number of rotatable bonds is 5. The summed E-state index contributed by atoms with van der Waals surface area (Å²) in [4.78, 5) is 11.9. The van der Waals surface area contributed by atoms with Gasteiger partial charge in [0.1, 0.15) is 12.4 Å². The molecule has 0 aromatic carbocycles. The van der Waals surface area contributed by atoms with E-state index in [1.165, 1.54) is 5.57 Å². The first-order valence-corrected chi connectivity index (χ1v) is 18.0. The van der Waals surface area contributed by atoms with Crippen LogP contribution in [0.4, 0.5) is 0 Å². The van der Waals surface area contributed by atoms with Crippen LogP contribution in [0.2, 0.25) is 0 Å². The van der Waals surface area contributed by atoms with Crippen molar-refractivity contribution >= 4 is 27.9 Å². The molecular weight excluding hydrogens is 565 g/mol. The summed E-state index contributed by atoms with van der Waals surface area (Å²) in [7, 11) is 3.68. The van der Waals surface area contributed by atoms with Gasteiger partial charge in [-0.1, -0.05) is 81.0 Å². The van der Waals surface area contributed by atoms with Gasteiger partial charge in [-0.3, -0.25) is 4.79 Å². The number of carbonyl (C=O) groups excluding carboxylic acids is 1. The Hall–Kier alpha value is -1.53. The summed E-state index contributed by atoms with van der Waals surface area (Å²) in [5.41, 5.74) is 3.21. The topological polar surface area (TPSA) is 87.0 Å². The van der Waals surface area contributed by atoms with E-state index in [-0.39, 0.29) is 24.5 Å². The lowest BCUT2D eigenvalue weighted by Gasteiger charge is -2.55. The first-order chi connectivity index (χ1) is 20.2. The fourth-order valence-electron chi connectivity index (χ4n) is 7.50. The number of hydrogen-bond donors (Lipinski definition) is 3. The maximum atomic E-state index is 12.3. The minimum Gasteiger partial charge on any atom is -0.396 e. The zero-order valence-electron chi connectivity index (χ0n) is 25.3. The van der Waals surface area contributed by atoms with Gasteiger partial charge in [-0.2, -0.15) is 0 Å². The largest absolute Gasteiger partial charge is 0.396 e. The molecule has 0 aromatic rings. The summed E-state index contributed by atoms with van der Waals surface area (Å²) in [5.74, 6) is 8.19. The monoisotopic (exact) mass is 612 g/mol. The number of aliphatic hydroxyl groups excluding tert-OH is 2. The molecule has 6 unspecified atom stereocenters. The Labute approximate surface area is 260 Å². The van der Waals surface area contributed by atoms with E-state index in [1.54, 1.807) is 10.8 Å². The normalized spacial score (nSPS) is 36.0. The van der Waals surface area contributed by atoms with Crippen molar-refractivity contribution in [1.29, 1.82) is 0 Å². The molecule has 4 aliphatic rings. The number of aldehydes is 1.